The van der Waals surface area contributed by atoms with Gasteiger partial charge in [0, 0.05) is 5.71 Å². The summed E-state index contributed by atoms with van der Waals surface area (Å²) in [6.45, 7) is 1.84. The van der Waals surface area contributed by atoms with Crippen LogP contribution < -0.4 is 0 Å². The fourth-order valence-electron chi connectivity index (χ4n) is 0.684. The molecule has 1 aliphatic rings. The molecule has 0 radical (unpaired) electrons. The Balaban J connectivity index is 2.82. The third kappa shape index (κ3) is 1.67. The number of thioether (sulfide) groups is 1. The number of hydrogen-bond donors (Lipinski definition) is 0. The van der Waals surface area contributed by atoms with Crippen molar-refractivity contribution in [1.29, 1.82) is 0 Å². The highest BCUT2D eigenvalue weighted by Crippen LogP contribution is 2.07. The molecule has 0 spiro atoms. The standard InChI is InChI=1S/C6H8N2OS/c1-4-3-5(9)8-6(7-4)10-2/h3H2,1-2H3. The molecule has 0 aromatic heterocycles. The summed E-state index contributed by atoms with van der Waals surface area (Å²) in [5, 5.41) is 0.578. The van der Waals surface area contributed by atoms with Crippen LogP contribution in [-0.2, 0) is 4.79 Å². The van der Waals surface area contributed by atoms with Gasteiger partial charge in [-0.3, -0.25) is 4.79 Å². The Morgan fingerprint density at radius 2 is 2.20 bits per heavy atom. The predicted molar refractivity (Wildman–Crippen MR) is 43.7 cm³/mol. The first kappa shape index (κ1) is 7.47. The second-order valence-corrected chi connectivity index (χ2v) is 2.79. The Hall–Kier alpha value is -0.640. The molecule has 0 aromatic carbocycles. The minimum absolute atomic E-state index is 0.0862. The highest BCUT2D eigenvalue weighted by molar-refractivity contribution is 8.13. The van der Waals surface area contributed by atoms with E-state index in [2.05, 4.69) is 9.98 Å². The Morgan fingerprint density at radius 1 is 1.50 bits per heavy atom. The van der Waals surface area contributed by atoms with Gasteiger partial charge in [0.1, 0.15) is 0 Å². The van der Waals surface area contributed by atoms with E-state index in [9.17, 15) is 4.79 Å². The van der Waals surface area contributed by atoms with E-state index >= 15 is 0 Å². The maximum absolute atomic E-state index is 10.8. The van der Waals surface area contributed by atoms with Gasteiger partial charge < -0.3 is 0 Å². The second-order valence-electron chi connectivity index (χ2n) is 2.02. The molecule has 0 bridgehead atoms. The van der Waals surface area contributed by atoms with Crippen molar-refractivity contribution in [2.45, 2.75) is 13.3 Å². The van der Waals surface area contributed by atoms with Gasteiger partial charge in [-0.25, -0.2) is 4.99 Å². The third-order valence-electron chi connectivity index (χ3n) is 1.10. The molecule has 0 atom stereocenters. The zero-order valence-corrected chi connectivity index (χ0v) is 6.73. The van der Waals surface area contributed by atoms with E-state index in [1.54, 1.807) is 0 Å². The number of amidine groups is 1. The zero-order valence-electron chi connectivity index (χ0n) is 5.92. The molecule has 1 amide bonds. The predicted octanol–water partition coefficient (Wildman–Crippen LogP) is 1.10. The first-order valence-corrected chi connectivity index (χ1v) is 4.14. The number of rotatable bonds is 0. The lowest BCUT2D eigenvalue weighted by Gasteiger charge is -2.03. The number of carbonyl (C=O) groups excluding carboxylic acids is 1. The van der Waals surface area contributed by atoms with Gasteiger partial charge in [-0.2, -0.15) is 4.99 Å². The molecule has 0 fully saturated rings. The topological polar surface area (TPSA) is 41.8 Å². The maximum Gasteiger partial charge on any atom is 0.253 e. The van der Waals surface area contributed by atoms with Crippen molar-refractivity contribution in [1.82, 2.24) is 0 Å². The van der Waals surface area contributed by atoms with E-state index in [1.807, 2.05) is 13.2 Å². The molecule has 0 saturated heterocycles. The van der Waals surface area contributed by atoms with Crippen LogP contribution in [-0.4, -0.2) is 23.0 Å². The lowest BCUT2D eigenvalue weighted by Crippen LogP contribution is -2.11. The van der Waals surface area contributed by atoms with Gasteiger partial charge in [-0.15, -0.1) is 0 Å². The molecule has 0 unspecified atom stereocenters. The Labute approximate surface area is 63.6 Å². The van der Waals surface area contributed by atoms with Crippen molar-refractivity contribution in [2.24, 2.45) is 9.98 Å². The summed E-state index contributed by atoms with van der Waals surface area (Å²) in [6.07, 6.45) is 2.23. The first-order chi connectivity index (χ1) is 4.72. The average Bonchev–Trinajstić information content (AvgIpc) is 1.85. The minimum Gasteiger partial charge on any atom is -0.272 e. The van der Waals surface area contributed by atoms with Crippen LogP contribution >= 0.6 is 11.8 Å². The Morgan fingerprint density at radius 3 is 2.70 bits per heavy atom. The molecule has 3 nitrogen and oxygen atoms in total. The van der Waals surface area contributed by atoms with Crippen molar-refractivity contribution in [3.63, 3.8) is 0 Å². The van der Waals surface area contributed by atoms with E-state index in [-0.39, 0.29) is 5.91 Å². The van der Waals surface area contributed by atoms with Crippen LogP contribution in [0.25, 0.3) is 0 Å². The first-order valence-electron chi connectivity index (χ1n) is 2.92. The van der Waals surface area contributed by atoms with Crippen molar-refractivity contribution in [3.8, 4) is 0 Å². The molecule has 54 valence electrons. The molecule has 1 aliphatic heterocycles. The number of nitrogens with zero attached hydrogens (tertiary/aromatic N) is 2. The second kappa shape index (κ2) is 2.96. The van der Waals surface area contributed by atoms with Gasteiger partial charge in [0.15, 0.2) is 5.17 Å². The van der Waals surface area contributed by atoms with Gasteiger partial charge in [0.25, 0.3) is 5.91 Å². The third-order valence-corrected chi connectivity index (χ3v) is 1.64. The average molecular weight is 156 g/mol. The number of amides is 1. The van der Waals surface area contributed by atoms with Crippen LogP contribution in [0.4, 0.5) is 0 Å². The molecular weight excluding hydrogens is 148 g/mol. The van der Waals surface area contributed by atoms with Gasteiger partial charge in [-0.1, -0.05) is 11.8 Å². The van der Waals surface area contributed by atoms with Crippen LogP contribution in [0.1, 0.15) is 13.3 Å². The lowest BCUT2D eigenvalue weighted by atomic mass is 10.3. The largest absolute Gasteiger partial charge is 0.272 e. The molecule has 1 rings (SSSR count). The monoisotopic (exact) mass is 156 g/mol. The van der Waals surface area contributed by atoms with E-state index in [1.165, 1.54) is 11.8 Å². The molecule has 0 saturated carbocycles. The van der Waals surface area contributed by atoms with E-state index < -0.39 is 0 Å². The Bertz CT molecular complexity index is 220. The quantitative estimate of drug-likeness (QED) is 0.527. The van der Waals surface area contributed by atoms with Crippen LogP contribution in [0.5, 0.6) is 0 Å². The summed E-state index contributed by atoms with van der Waals surface area (Å²) in [7, 11) is 0. The fraction of sp³-hybridized carbons (Fsp3) is 0.500. The summed E-state index contributed by atoms with van der Waals surface area (Å²) in [6, 6.07) is 0. The van der Waals surface area contributed by atoms with Gasteiger partial charge in [-0.05, 0) is 13.2 Å². The highest BCUT2D eigenvalue weighted by atomic mass is 32.2. The molecule has 4 heteroatoms. The number of aliphatic imine (C=N–C) groups is 2. The Kier molecular flexibility index (Phi) is 2.21. The molecule has 1 heterocycles. The number of carbonyl (C=O) groups is 1. The SMILES string of the molecule is CSC1=NC(=O)CC(C)=N1. The highest BCUT2D eigenvalue weighted by Gasteiger charge is 2.10. The zero-order chi connectivity index (χ0) is 7.56. The van der Waals surface area contributed by atoms with E-state index in [0.29, 0.717) is 11.6 Å². The lowest BCUT2D eigenvalue weighted by molar-refractivity contribution is -0.116. The summed E-state index contributed by atoms with van der Waals surface area (Å²) < 4.78 is 0. The van der Waals surface area contributed by atoms with Crippen LogP contribution in [0.2, 0.25) is 0 Å². The van der Waals surface area contributed by atoms with Gasteiger partial charge >= 0.3 is 0 Å². The molecular formula is C6H8N2OS. The normalized spacial score (nSPS) is 18.4. The number of hydrogen-bond acceptors (Lipinski definition) is 3. The molecule has 0 aliphatic carbocycles. The van der Waals surface area contributed by atoms with Crippen molar-refractivity contribution >= 4 is 28.5 Å². The van der Waals surface area contributed by atoms with Gasteiger partial charge in [0.05, 0.1) is 6.42 Å². The van der Waals surface area contributed by atoms with Crippen molar-refractivity contribution in [3.05, 3.63) is 0 Å². The summed E-state index contributed by atoms with van der Waals surface area (Å²) >= 11 is 1.39. The van der Waals surface area contributed by atoms with Crippen LogP contribution in [0, 0.1) is 0 Å². The van der Waals surface area contributed by atoms with Crippen LogP contribution in [0.15, 0.2) is 9.98 Å². The fourth-order valence-corrected chi connectivity index (χ4v) is 1.12. The summed E-state index contributed by atoms with van der Waals surface area (Å²) in [5.41, 5.74) is 0.851. The minimum atomic E-state index is -0.0862. The van der Waals surface area contributed by atoms with E-state index in [0.717, 1.165) is 5.71 Å². The van der Waals surface area contributed by atoms with Crippen molar-refractivity contribution < 1.29 is 4.79 Å². The molecule has 0 N–H and O–H groups in total. The van der Waals surface area contributed by atoms with Gasteiger partial charge in [0.2, 0.25) is 0 Å². The summed E-state index contributed by atoms with van der Waals surface area (Å²) in [5.74, 6) is -0.0862. The molecule has 0 aromatic rings. The molecule has 10 heavy (non-hydrogen) atoms. The van der Waals surface area contributed by atoms with Crippen LogP contribution in [0.3, 0.4) is 0 Å². The summed E-state index contributed by atoms with van der Waals surface area (Å²) in [4.78, 5) is 18.5. The smallest absolute Gasteiger partial charge is 0.253 e. The maximum atomic E-state index is 10.8. The van der Waals surface area contributed by atoms with Crippen molar-refractivity contribution in [2.75, 3.05) is 6.26 Å². The van der Waals surface area contributed by atoms with E-state index in [4.69, 9.17) is 0 Å².